The van der Waals surface area contributed by atoms with E-state index in [9.17, 15) is 35.1 Å². The van der Waals surface area contributed by atoms with Crippen molar-refractivity contribution in [1.29, 1.82) is 0 Å². The van der Waals surface area contributed by atoms with E-state index in [2.05, 4.69) is 4.74 Å². The van der Waals surface area contributed by atoms with Crippen LogP contribution in [-0.4, -0.2) is 30.8 Å². The van der Waals surface area contributed by atoms with E-state index < -0.39 is 37.4 Å². The summed E-state index contributed by atoms with van der Waals surface area (Å²) in [5.74, 6) is -17.9. The first kappa shape index (κ1) is 18.5. The summed E-state index contributed by atoms with van der Waals surface area (Å²) in [5, 5.41) is 0. The summed E-state index contributed by atoms with van der Waals surface area (Å²) in [4.78, 5) is 0. The van der Waals surface area contributed by atoms with Crippen molar-refractivity contribution in [2.24, 2.45) is 0 Å². The lowest BCUT2D eigenvalue weighted by Crippen LogP contribution is -2.59. The van der Waals surface area contributed by atoms with Crippen LogP contribution >= 0.6 is 0 Å². The molecule has 0 radical (unpaired) electrons. The number of nitrogens with two attached hydrogens (primary N) is 1. The maximum atomic E-state index is 13.1. The lowest BCUT2D eigenvalue weighted by Gasteiger charge is -2.32. The van der Waals surface area contributed by atoms with Crippen LogP contribution in [0.2, 0.25) is 0 Å². The standard InChI is InChI=1S/C12H11F8NO/c13-9(14)11(17,18)12(19,20)10(15,16)6-22-5-7-2-1-3-8(21)4-7/h1-4,9H,5-6,21H2. The highest BCUT2D eigenvalue weighted by atomic mass is 19.4. The van der Waals surface area contributed by atoms with Gasteiger partial charge in [-0.2, -0.15) is 26.3 Å². The molecule has 0 aliphatic carbocycles. The third-order valence-electron chi connectivity index (χ3n) is 2.66. The molecule has 0 atom stereocenters. The smallest absolute Gasteiger partial charge is 0.380 e. The molecular formula is C12H11F8NO. The topological polar surface area (TPSA) is 35.2 Å². The Labute approximate surface area is 119 Å². The maximum Gasteiger partial charge on any atom is 0.380 e. The van der Waals surface area contributed by atoms with Gasteiger partial charge in [-0.1, -0.05) is 12.1 Å². The van der Waals surface area contributed by atoms with Crippen molar-refractivity contribution in [3.63, 3.8) is 0 Å². The Hall–Kier alpha value is -1.58. The van der Waals surface area contributed by atoms with Gasteiger partial charge >= 0.3 is 24.2 Å². The number of benzene rings is 1. The van der Waals surface area contributed by atoms with Crippen LogP contribution in [0.5, 0.6) is 0 Å². The molecule has 126 valence electrons. The number of hydrogen-bond donors (Lipinski definition) is 1. The fourth-order valence-electron chi connectivity index (χ4n) is 1.45. The number of hydrogen-bond acceptors (Lipinski definition) is 2. The molecule has 0 amide bonds. The van der Waals surface area contributed by atoms with Crippen molar-refractivity contribution in [3.05, 3.63) is 29.8 Å². The van der Waals surface area contributed by atoms with E-state index in [1.165, 1.54) is 24.3 Å². The second kappa shape index (κ2) is 6.27. The Morgan fingerprint density at radius 1 is 1.05 bits per heavy atom. The highest BCUT2D eigenvalue weighted by molar-refractivity contribution is 5.40. The molecular weight excluding hydrogens is 326 g/mol. The summed E-state index contributed by atoms with van der Waals surface area (Å²) in [6.45, 7) is -2.78. The van der Waals surface area contributed by atoms with Crippen LogP contribution in [0.3, 0.4) is 0 Å². The zero-order valence-corrected chi connectivity index (χ0v) is 10.8. The van der Waals surface area contributed by atoms with Crippen molar-refractivity contribution in [2.45, 2.75) is 30.8 Å². The lowest BCUT2D eigenvalue weighted by atomic mass is 10.1. The van der Waals surface area contributed by atoms with Gasteiger partial charge in [-0.15, -0.1) is 0 Å². The minimum Gasteiger partial charge on any atom is -0.399 e. The highest BCUT2D eigenvalue weighted by Crippen LogP contribution is 2.48. The van der Waals surface area contributed by atoms with Crippen molar-refractivity contribution in [3.8, 4) is 0 Å². The van der Waals surface area contributed by atoms with Crippen molar-refractivity contribution in [2.75, 3.05) is 12.3 Å². The van der Waals surface area contributed by atoms with E-state index in [1.54, 1.807) is 0 Å². The molecule has 10 heteroatoms. The molecule has 0 aliphatic rings. The fraction of sp³-hybridized carbons (Fsp3) is 0.500. The maximum absolute atomic E-state index is 13.1. The molecule has 0 aromatic heterocycles. The van der Waals surface area contributed by atoms with Gasteiger partial charge in [-0.25, -0.2) is 8.78 Å². The van der Waals surface area contributed by atoms with Gasteiger partial charge in [0.1, 0.15) is 6.61 Å². The monoisotopic (exact) mass is 337 g/mol. The van der Waals surface area contributed by atoms with E-state index in [-0.39, 0.29) is 11.3 Å². The molecule has 0 saturated carbocycles. The average Bonchev–Trinajstić information content (AvgIpc) is 2.37. The molecule has 2 nitrogen and oxygen atoms in total. The van der Waals surface area contributed by atoms with Crippen molar-refractivity contribution >= 4 is 5.69 Å². The van der Waals surface area contributed by atoms with Crippen LogP contribution in [0, 0.1) is 0 Å². The summed E-state index contributed by atoms with van der Waals surface area (Å²) in [6, 6.07) is 5.52. The van der Waals surface area contributed by atoms with E-state index in [4.69, 9.17) is 5.73 Å². The van der Waals surface area contributed by atoms with Crippen LogP contribution in [0.25, 0.3) is 0 Å². The first-order chi connectivity index (χ1) is 9.92. The van der Waals surface area contributed by atoms with Gasteiger partial charge in [0.05, 0.1) is 6.61 Å². The molecule has 0 heterocycles. The number of halogens is 8. The van der Waals surface area contributed by atoms with E-state index in [0.717, 1.165) is 0 Å². The second-order valence-corrected chi connectivity index (χ2v) is 4.44. The van der Waals surface area contributed by atoms with Gasteiger partial charge < -0.3 is 10.5 Å². The largest absolute Gasteiger partial charge is 0.399 e. The van der Waals surface area contributed by atoms with Gasteiger partial charge in [-0.05, 0) is 17.7 Å². The number of ether oxygens (including phenoxy) is 1. The summed E-state index contributed by atoms with van der Waals surface area (Å²) < 4.78 is 105. The quantitative estimate of drug-likeness (QED) is 0.604. The summed E-state index contributed by atoms with van der Waals surface area (Å²) in [7, 11) is 0. The zero-order chi connectivity index (χ0) is 17.2. The number of alkyl halides is 8. The second-order valence-electron chi connectivity index (χ2n) is 4.44. The molecule has 2 N–H and O–H groups in total. The molecule has 0 aliphatic heterocycles. The lowest BCUT2D eigenvalue weighted by molar-refractivity contribution is -0.346. The molecule has 0 saturated heterocycles. The predicted octanol–water partition coefficient (Wildman–Crippen LogP) is 3.96. The number of nitrogen functional groups attached to an aromatic ring is 1. The van der Waals surface area contributed by atoms with Crippen molar-refractivity contribution in [1.82, 2.24) is 0 Å². The predicted molar refractivity (Wildman–Crippen MR) is 61.4 cm³/mol. The normalized spacial score (nSPS) is 13.7. The summed E-state index contributed by atoms with van der Waals surface area (Å²) in [5.41, 5.74) is 5.83. The van der Waals surface area contributed by atoms with Crippen LogP contribution in [-0.2, 0) is 11.3 Å². The van der Waals surface area contributed by atoms with Crippen LogP contribution < -0.4 is 5.73 Å². The van der Waals surface area contributed by atoms with Crippen LogP contribution in [0.15, 0.2) is 24.3 Å². The molecule has 0 bridgehead atoms. The Morgan fingerprint density at radius 2 is 1.64 bits per heavy atom. The van der Waals surface area contributed by atoms with Gasteiger partial charge in [0, 0.05) is 5.69 Å². The first-order valence-corrected chi connectivity index (χ1v) is 5.75. The average molecular weight is 337 g/mol. The summed E-state index contributed by atoms with van der Waals surface area (Å²) >= 11 is 0. The molecule has 0 spiro atoms. The Kier molecular flexibility index (Phi) is 5.26. The Balaban J connectivity index is 2.74. The van der Waals surface area contributed by atoms with E-state index in [0.29, 0.717) is 0 Å². The van der Waals surface area contributed by atoms with E-state index in [1.807, 2.05) is 0 Å². The Morgan fingerprint density at radius 3 is 2.14 bits per heavy atom. The molecule has 1 aromatic rings. The third kappa shape index (κ3) is 3.60. The minimum atomic E-state index is -6.26. The van der Waals surface area contributed by atoms with E-state index >= 15 is 0 Å². The van der Waals surface area contributed by atoms with Gasteiger partial charge in [0.2, 0.25) is 0 Å². The highest BCUT2D eigenvalue weighted by Gasteiger charge is 2.75. The fourth-order valence-corrected chi connectivity index (χ4v) is 1.45. The van der Waals surface area contributed by atoms with Crippen LogP contribution in [0.4, 0.5) is 40.8 Å². The van der Waals surface area contributed by atoms with Gasteiger partial charge in [-0.3, -0.25) is 0 Å². The third-order valence-corrected chi connectivity index (χ3v) is 2.66. The van der Waals surface area contributed by atoms with Gasteiger partial charge in [0.25, 0.3) is 0 Å². The van der Waals surface area contributed by atoms with Crippen molar-refractivity contribution < 1.29 is 39.9 Å². The molecule has 0 fully saturated rings. The number of rotatable bonds is 7. The molecule has 1 rings (SSSR count). The van der Waals surface area contributed by atoms with Gasteiger partial charge in [0.15, 0.2) is 0 Å². The summed E-state index contributed by atoms with van der Waals surface area (Å²) in [6.07, 6.45) is -4.94. The first-order valence-electron chi connectivity index (χ1n) is 5.75. The minimum absolute atomic E-state index is 0.222. The Bertz CT molecular complexity index is 506. The zero-order valence-electron chi connectivity index (χ0n) is 10.8. The van der Waals surface area contributed by atoms with Crippen LogP contribution in [0.1, 0.15) is 5.56 Å². The SMILES string of the molecule is Nc1cccc(COCC(F)(F)C(F)(F)C(F)(F)C(F)F)c1. The molecule has 22 heavy (non-hydrogen) atoms. The number of anilines is 1. The molecule has 1 aromatic carbocycles. The molecule has 0 unspecified atom stereocenters.